The molecule has 0 aromatic rings. The molecule has 0 radical (unpaired) electrons. The molecule has 0 aromatic heterocycles. The van der Waals surface area contributed by atoms with Crippen LogP contribution in [-0.4, -0.2) is 53.3 Å². The van der Waals surface area contributed by atoms with Crippen LogP contribution in [0.1, 0.15) is 0 Å². The molecule has 0 unspecified atom stereocenters. The minimum Gasteiger partial charge on any atom is -0.440 e. The van der Waals surface area contributed by atoms with Crippen LogP contribution < -0.4 is 0 Å². The molecule has 0 atom stereocenters. The fraction of sp³-hybridized carbons (Fsp3) is 1.00. The molecule has 0 aliphatic heterocycles. The van der Waals surface area contributed by atoms with Gasteiger partial charge in [-0.1, -0.05) is 6.04 Å². The topological polar surface area (TPSA) is 36.9 Å². The monoisotopic (exact) mass is 414 g/mol. The molecule has 134 valence electrons. The molecule has 0 fully saturated rings. The standard InChI is InChI=1S/C12H38O4Si6/c1-18(2)13-20(5,6)15-22(9,10)16-21(7,8)14-19(3,4)12-11-17/h18H,11-12H2,1-10,17H3. The molecular weight excluding hydrogens is 377 g/mol. The van der Waals surface area contributed by atoms with E-state index in [-0.39, 0.29) is 0 Å². The van der Waals surface area contributed by atoms with Crippen LogP contribution in [0.25, 0.3) is 0 Å². The van der Waals surface area contributed by atoms with Crippen molar-refractivity contribution in [3.05, 3.63) is 0 Å². The van der Waals surface area contributed by atoms with Crippen molar-refractivity contribution >= 4 is 53.3 Å². The SMILES string of the molecule is C[SiH](C)O[Si](C)(C)O[Si](C)(C)O[Si](C)(C)O[Si](C)(C)CC[SiH3]. The number of hydrogen-bond donors (Lipinski definition) is 0. The predicted octanol–water partition coefficient (Wildman–Crippen LogP) is 3.13. The maximum absolute atomic E-state index is 6.51. The van der Waals surface area contributed by atoms with Crippen LogP contribution in [0.4, 0.5) is 0 Å². The zero-order valence-corrected chi connectivity index (χ0v) is 23.8. The van der Waals surface area contributed by atoms with Crippen LogP contribution in [-0.2, 0) is 16.5 Å². The highest BCUT2D eigenvalue weighted by Gasteiger charge is 2.43. The summed E-state index contributed by atoms with van der Waals surface area (Å²) in [4.78, 5) is 0. The molecule has 0 spiro atoms. The maximum atomic E-state index is 6.51. The molecule has 0 bridgehead atoms. The molecule has 4 nitrogen and oxygen atoms in total. The molecule has 22 heavy (non-hydrogen) atoms. The number of hydrogen-bond acceptors (Lipinski definition) is 4. The van der Waals surface area contributed by atoms with Gasteiger partial charge in [0.25, 0.3) is 0 Å². The van der Waals surface area contributed by atoms with E-state index < -0.39 is 43.0 Å². The van der Waals surface area contributed by atoms with Crippen molar-refractivity contribution in [2.75, 3.05) is 0 Å². The van der Waals surface area contributed by atoms with Crippen molar-refractivity contribution in [1.82, 2.24) is 0 Å². The molecule has 0 N–H and O–H groups in total. The summed E-state index contributed by atoms with van der Waals surface area (Å²) in [6.45, 7) is 21.9. The first-order chi connectivity index (χ1) is 9.60. The Morgan fingerprint density at radius 2 is 1.14 bits per heavy atom. The van der Waals surface area contributed by atoms with Gasteiger partial charge in [0.15, 0.2) is 17.4 Å². The van der Waals surface area contributed by atoms with Crippen LogP contribution in [0.5, 0.6) is 0 Å². The summed E-state index contributed by atoms with van der Waals surface area (Å²) in [5, 5.41) is 0. The molecule has 0 aliphatic rings. The molecule has 0 heterocycles. The third-order valence-electron chi connectivity index (χ3n) is 2.88. The van der Waals surface area contributed by atoms with Gasteiger partial charge in [0.2, 0.25) is 0 Å². The lowest BCUT2D eigenvalue weighted by atomic mass is 10.9. The summed E-state index contributed by atoms with van der Waals surface area (Å²) in [7, 11) is -7.92. The van der Waals surface area contributed by atoms with Gasteiger partial charge < -0.3 is 16.5 Å². The molecule has 0 rings (SSSR count). The summed E-state index contributed by atoms with van der Waals surface area (Å²) in [5.74, 6) is 0. The highest BCUT2D eigenvalue weighted by molar-refractivity contribution is 6.89. The van der Waals surface area contributed by atoms with Gasteiger partial charge in [-0.2, -0.15) is 0 Å². The Morgan fingerprint density at radius 3 is 1.55 bits per heavy atom. The van der Waals surface area contributed by atoms with E-state index in [4.69, 9.17) is 16.5 Å². The van der Waals surface area contributed by atoms with Gasteiger partial charge in [-0.3, -0.25) is 0 Å². The fourth-order valence-electron chi connectivity index (χ4n) is 3.14. The minimum atomic E-state index is -2.24. The van der Waals surface area contributed by atoms with Gasteiger partial charge in [-0.05, 0) is 71.5 Å². The van der Waals surface area contributed by atoms with Crippen molar-refractivity contribution in [1.29, 1.82) is 0 Å². The molecule has 0 saturated carbocycles. The van der Waals surface area contributed by atoms with Crippen molar-refractivity contribution in [3.63, 3.8) is 0 Å². The lowest BCUT2D eigenvalue weighted by Gasteiger charge is -2.41. The van der Waals surface area contributed by atoms with E-state index in [1.807, 2.05) is 0 Å². The average molecular weight is 415 g/mol. The lowest BCUT2D eigenvalue weighted by Crippen LogP contribution is -2.57. The van der Waals surface area contributed by atoms with E-state index in [1.165, 1.54) is 22.3 Å². The van der Waals surface area contributed by atoms with E-state index in [9.17, 15) is 0 Å². The fourth-order valence-corrected chi connectivity index (χ4v) is 29.4. The minimum absolute atomic E-state index is 1.09. The van der Waals surface area contributed by atoms with Crippen LogP contribution in [0.3, 0.4) is 0 Å². The van der Waals surface area contributed by atoms with Gasteiger partial charge in [-0.15, -0.1) is 0 Å². The Morgan fingerprint density at radius 1 is 0.727 bits per heavy atom. The smallest absolute Gasteiger partial charge is 0.314 e. The zero-order chi connectivity index (χ0) is 17.8. The Bertz CT molecular complexity index is 347. The van der Waals surface area contributed by atoms with Gasteiger partial charge in [0.1, 0.15) is 0 Å². The molecule has 0 aromatic carbocycles. The van der Waals surface area contributed by atoms with Gasteiger partial charge in [-0.25, -0.2) is 0 Å². The van der Waals surface area contributed by atoms with Gasteiger partial charge in [0.05, 0.1) is 0 Å². The van der Waals surface area contributed by atoms with Crippen molar-refractivity contribution in [2.24, 2.45) is 0 Å². The quantitative estimate of drug-likeness (QED) is 0.515. The first-order valence-electron chi connectivity index (χ1n) is 8.38. The first kappa shape index (κ1) is 23.1. The first-order valence-corrected chi connectivity index (χ1v) is 24.1. The second-order valence-electron chi connectivity index (χ2n) is 8.18. The highest BCUT2D eigenvalue weighted by atomic mass is 28.5. The molecule has 0 aliphatic carbocycles. The molecular formula is C12H38O4Si6. The Hall–Kier alpha value is 1.14. The molecule has 0 amide bonds. The van der Waals surface area contributed by atoms with Crippen molar-refractivity contribution in [2.45, 2.75) is 77.6 Å². The van der Waals surface area contributed by atoms with E-state index in [0.29, 0.717) is 0 Å². The van der Waals surface area contributed by atoms with E-state index >= 15 is 0 Å². The van der Waals surface area contributed by atoms with Crippen LogP contribution >= 0.6 is 0 Å². The average Bonchev–Trinajstić information content (AvgIpc) is 2.06. The molecule has 10 heteroatoms. The summed E-state index contributed by atoms with van der Waals surface area (Å²) in [5.41, 5.74) is 0. The largest absolute Gasteiger partial charge is 0.440 e. The van der Waals surface area contributed by atoms with E-state index in [0.717, 1.165) is 0 Å². The summed E-state index contributed by atoms with van der Waals surface area (Å²) in [6, 6.07) is 2.55. The van der Waals surface area contributed by atoms with Crippen LogP contribution in [0.2, 0.25) is 77.6 Å². The highest BCUT2D eigenvalue weighted by Crippen LogP contribution is 2.26. The second kappa shape index (κ2) is 8.49. The van der Waals surface area contributed by atoms with Crippen molar-refractivity contribution < 1.29 is 16.5 Å². The third kappa shape index (κ3) is 10.8. The van der Waals surface area contributed by atoms with Crippen LogP contribution in [0, 0.1) is 0 Å². The zero-order valence-electron chi connectivity index (χ0n) is 16.6. The van der Waals surface area contributed by atoms with Gasteiger partial charge >= 0.3 is 25.7 Å². The third-order valence-corrected chi connectivity index (χ3v) is 22.3. The maximum Gasteiger partial charge on any atom is 0.314 e. The van der Waals surface area contributed by atoms with Crippen molar-refractivity contribution in [3.8, 4) is 0 Å². The van der Waals surface area contributed by atoms with Crippen LogP contribution in [0.15, 0.2) is 0 Å². The Kier molecular flexibility index (Phi) is 8.93. The Labute approximate surface area is 147 Å². The second-order valence-corrected chi connectivity index (χ2v) is 27.1. The summed E-state index contributed by atoms with van der Waals surface area (Å²) in [6.07, 6.45) is 0. The Balaban J connectivity index is 4.80. The lowest BCUT2D eigenvalue weighted by molar-refractivity contribution is 0.301. The van der Waals surface area contributed by atoms with E-state index in [1.54, 1.807) is 0 Å². The summed E-state index contributed by atoms with van der Waals surface area (Å²) < 4.78 is 25.5. The summed E-state index contributed by atoms with van der Waals surface area (Å²) >= 11 is 0. The predicted molar refractivity (Wildman–Crippen MR) is 113 cm³/mol. The molecule has 0 saturated heterocycles. The van der Waals surface area contributed by atoms with E-state index in [2.05, 4.69) is 65.5 Å². The normalized spacial score (nSPS) is 14.9. The van der Waals surface area contributed by atoms with Gasteiger partial charge in [0, 0.05) is 10.2 Å². The number of rotatable bonds is 10.